The van der Waals surface area contributed by atoms with Crippen molar-refractivity contribution in [3.8, 4) is 0 Å². The second-order valence-corrected chi connectivity index (χ2v) is 16.2. The number of allylic oxidation sites excluding steroid dienone is 1. The van der Waals surface area contributed by atoms with Gasteiger partial charge in [0.2, 0.25) is 0 Å². The zero-order valence-corrected chi connectivity index (χ0v) is 22.3. The number of aryl methyl sites for hydroxylation is 2. The fraction of sp³-hybridized carbons (Fsp3) is 0.231. The van der Waals surface area contributed by atoms with Gasteiger partial charge in [-0.2, -0.15) is 0 Å². The van der Waals surface area contributed by atoms with E-state index in [1.807, 2.05) is 12.1 Å². The van der Waals surface area contributed by atoms with Crippen LogP contribution in [0, 0.1) is 19.3 Å². The van der Waals surface area contributed by atoms with E-state index in [0.29, 0.717) is 0 Å². The molecule has 0 fully saturated rings. The number of benzene rings is 3. The molecule has 0 N–H and O–H groups in total. The van der Waals surface area contributed by atoms with Crippen molar-refractivity contribution in [2.45, 2.75) is 39.5 Å². The Morgan fingerprint density at radius 3 is 1.63 bits per heavy atom. The standard InChI is InChI=1S/C26H28ClPSSe/c1-19-6-12-22(13-7-19)28(30,23-14-8-20(2)9-15-23)25(26(3,4)5)18-29-24-16-10-21(27)11-17-24/h6-18H,1-5H3/b25-18-. The Labute approximate surface area is 198 Å². The summed E-state index contributed by atoms with van der Waals surface area (Å²) in [5.74, 6) is 0. The third-order valence-corrected chi connectivity index (χ3v) is 13.8. The third-order valence-electron chi connectivity index (χ3n) is 5.02. The summed E-state index contributed by atoms with van der Waals surface area (Å²) in [6.07, 6.45) is 0. The van der Waals surface area contributed by atoms with Crippen molar-refractivity contribution in [3.63, 3.8) is 0 Å². The Morgan fingerprint density at radius 1 is 0.800 bits per heavy atom. The number of hydrogen-bond acceptors (Lipinski definition) is 1. The molecule has 0 amide bonds. The first-order valence-corrected chi connectivity index (χ1v) is 15.2. The van der Waals surface area contributed by atoms with E-state index in [9.17, 15) is 0 Å². The van der Waals surface area contributed by atoms with E-state index in [4.69, 9.17) is 11.6 Å². The number of hydrogen-bond donors (Lipinski definition) is 0. The van der Waals surface area contributed by atoms with Gasteiger partial charge in [-0.3, -0.25) is 0 Å². The van der Waals surface area contributed by atoms with Crippen LogP contribution in [0.15, 0.2) is 88.4 Å². The first kappa shape index (κ1) is 23.6. The Morgan fingerprint density at radius 2 is 1.23 bits per heavy atom. The van der Waals surface area contributed by atoms with Gasteiger partial charge in [0, 0.05) is 0 Å². The summed E-state index contributed by atoms with van der Waals surface area (Å²) >= 11 is 11.6. The van der Waals surface area contributed by atoms with E-state index in [1.54, 1.807) is 11.8 Å². The molecular weight excluding hydrogens is 490 g/mol. The second kappa shape index (κ2) is 9.64. The van der Waals surface area contributed by atoms with Crippen molar-refractivity contribution in [2.75, 3.05) is 0 Å². The zero-order chi connectivity index (χ0) is 21.9. The van der Waals surface area contributed by atoms with Crippen molar-refractivity contribution < 1.29 is 0 Å². The molecule has 0 aliphatic rings. The van der Waals surface area contributed by atoms with E-state index >= 15 is 0 Å². The molecule has 30 heavy (non-hydrogen) atoms. The van der Waals surface area contributed by atoms with Crippen LogP contribution in [-0.4, -0.2) is 15.1 Å². The van der Waals surface area contributed by atoms with Gasteiger partial charge in [0.05, 0.1) is 0 Å². The van der Waals surface area contributed by atoms with E-state index in [1.165, 1.54) is 31.9 Å². The van der Waals surface area contributed by atoms with Gasteiger partial charge >= 0.3 is 199 Å². The summed E-state index contributed by atoms with van der Waals surface area (Å²) in [6, 6.07) is 26.2. The van der Waals surface area contributed by atoms with Crippen LogP contribution < -0.4 is 10.6 Å². The summed E-state index contributed by atoms with van der Waals surface area (Å²) in [7, 11) is 0. The van der Waals surface area contributed by atoms with Gasteiger partial charge in [0.25, 0.3) is 0 Å². The SMILES string of the molecule is Cc1ccc(P(=[Se])(/C(=C\Sc2ccc(Cl)cc2)C(C)(C)C)c2ccc(C)cc2)cc1. The number of rotatable bonds is 5. The summed E-state index contributed by atoms with van der Waals surface area (Å²) < 4.78 is 0. The van der Waals surface area contributed by atoms with Crippen LogP contribution in [0.3, 0.4) is 0 Å². The van der Waals surface area contributed by atoms with Crippen molar-refractivity contribution in [3.05, 3.63) is 99.7 Å². The second-order valence-electron chi connectivity index (χ2n) is 8.61. The third kappa shape index (κ3) is 5.42. The van der Waals surface area contributed by atoms with Gasteiger partial charge in [-0.05, 0) is 0 Å². The maximum atomic E-state index is 6.08. The average molecular weight is 518 g/mol. The van der Waals surface area contributed by atoms with Crippen molar-refractivity contribution in [1.29, 1.82) is 0 Å². The van der Waals surface area contributed by atoms with E-state index in [-0.39, 0.29) is 5.41 Å². The van der Waals surface area contributed by atoms with E-state index in [2.05, 4.69) is 116 Å². The van der Waals surface area contributed by atoms with Crippen LogP contribution in [0.2, 0.25) is 5.02 Å². The minimum atomic E-state index is -1.90. The molecule has 4 heteroatoms. The van der Waals surface area contributed by atoms with Gasteiger partial charge in [0.1, 0.15) is 0 Å². The van der Waals surface area contributed by atoms with Crippen LogP contribution in [0.1, 0.15) is 31.9 Å². The predicted octanol–water partition coefficient (Wildman–Crippen LogP) is 7.69. The molecule has 0 unspecified atom stereocenters. The first-order chi connectivity index (χ1) is 14.1. The van der Waals surface area contributed by atoms with Gasteiger partial charge in [-0.15, -0.1) is 0 Å². The van der Waals surface area contributed by atoms with Crippen molar-refractivity contribution in [2.24, 2.45) is 5.41 Å². The molecule has 0 radical (unpaired) electrons. The Hall–Kier alpha value is -1.01. The molecule has 0 saturated heterocycles. The van der Waals surface area contributed by atoms with Crippen LogP contribution in [0.25, 0.3) is 0 Å². The van der Waals surface area contributed by atoms with Crippen LogP contribution in [-0.2, 0) is 0 Å². The van der Waals surface area contributed by atoms with Gasteiger partial charge in [0.15, 0.2) is 0 Å². The molecule has 0 aliphatic carbocycles. The predicted molar refractivity (Wildman–Crippen MR) is 139 cm³/mol. The topological polar surface area (TPSA) is 0 Å². The van der Waals surface area contributed by atoms with Gasteiger partial charge in [-0.1, -0.05) is 0 Å². The Bertz CT molecular complexity index is 1030. The molecule has 0 nitrogen and oxygen atoms in total. The number of halogens is 1. The Kier molecular flexibility index (Phi) is 7.60. The van der Waals surface area contributed by atoms with Crippen molar-refractivity contribution in [1.82, 2.24) is 0 Å². The molecular formula is C26H28ClPSSe. The molecule has 3 aromatic carbocycles. The van der Waals surface area contributed by atoms with E-state index < -0.39 is 5.51 Å². The molecule has 3 aromatic rings. The summed E-state index contributed by atoms with van der Waals surface area (Å²) in [5.41, 5.74) is 0.672. The molecule has 0 bridgehead atoms. The normalized spacial score (nSPS) is 12.8. The quantitative estimate of drug-likeness (QED) is 0.190. The Balaban J connectivity index is 2.20. The molecule has 0 atom stereocenters. The fourth-order valence-electron chi connectivity index (χ4n) is 3.30. The molecule has 0 spiro atoms. The van der Waals surface area contributed by atoms with Crippen LogP contribution >= 0.6 is 28.9 Å². The molecule has 0 aliphatic heterocycles. The average Bonchev–Trinajstić information content (AvgIpc) is 2.69. The molecule has 0 aromatic heterocycles. The van der Waals surface area contributed by atoms with E-state index in [0.717, 1.165) is 5.02 Å². The summed E-state index contributed by atoms with van der Waals surface area (Å²) in [4.78, 5) is 1.19. The molecule has 0 heterocycles. The first-order valence-electron chi connectivity index (χ1n) is 9.98. The zero-order valence-electron chi connectivity index (χ0n) is 18.1. The monoisotopic (exact) mass is 518 g/mol. The molecule has 0 saturated carbocycles. The molecule has 3 rings (SSSR count). The molecule has 156 valence electrons. The van der Waals surface area contributed by atoms with Gasteiger partial charge in [-0.25, -0.2) is 0 Å². The fourth-order valence-corrected chi connectivity index (χ4v) is 12.1. The summed E-state index contributed by atoms with van der Waals surface area (Å²) in [5, 5.41) is 7.32. The minimum absolute atomic E-state index is 0.00816. The summed E-state index contributed by atoms with van der Waals surface area (Å²) in [6.45, 7) is 11.2. The van der Waals surface area contributed by atoms with Gasteiger partial charge < -0.3 is 0 Å². The van der Waals surface area contributed by atoms with Crippen LogP contribution in [0.5, 0.6) is 0 Å². The van der Waals surface area contributed by atoms with Crippen LogP contribution in [0.4, 0.5) is 0 Å². The van der Waals surface area contributed by atoms with Crippen molar-refractivity contribution >= 4 is 54.6 Å². The maximum absolute atomic E-state index is 6.08. The number of thioether (sulfide) groups is 1.